The summed E-state index contributed by atoms with van der Waals surface area (Å²) in [7, 11) is 1.63. The fraction of sp³-hybridized carbons (Fsp3) is 0.625. The van der Waals surface area contributed by atoms with Gasteiger partial charge in [-0.05, 0) is 37.3 Å². The lowest BCUT2D eigenvalue weighted by atomic mass is 9.93. The van der Waals surface area contributed by atoms with E-state index in [1.807, 2.05) is 0 Å². The summed E-state index contributed by atoms with van der Waals surface area (Å²) >= 11 is 0. The van der Waals surface area contributed by atoms with Crippen molar-refractivity contribution >= 4 is 0 Å². The van der Waals surface area contributed by atoms with Crippen LogP contribution < -0.4 is 0 Å². The number of aliphatic hydroxyl groups excluding tert-OH is 1. The van der Waals surface area contributed by atoms with Crippen molar-refractivity contribution in [3.63, 3.8) is 0 Å². The molecule has 0 aromatic heterocycles. The van der Waals surface area contributed by atoms with E-state index in [9.17, 15) is 5.11 Å². The molecule has 1 aliphatic rings. The van der Waals surface area contributed by atoms with Gasteiger partial charge in [-0.1, -0.05) is 24.3 Å². The third-order valence-corrected chi connectivity index (χ3v) is 4.14. The number of rotatable bonds is 5. The Kier molecular flexibility index (Phi) is 4.97. The second-order valence-corrected chi connectivity index (χ2v) is 5.70. The van der Waals surface area contributed by atoms with Gasteiger partial charge in [-0.15, -0.1) is 0 Å². The van der Waals surface area contributed by atoms with Gasteiger partial charge in [0.2, 0.25) is 0 Å². The highest BCUT2D eigenvalue weighted by atomic mass is 16.5. The van der Waals surface area contributed by atoms with Crippen LogP contribution in [0.15, 0.2) is 24.3 Å². The molecule has 0 spiro atoms. The van der Waals surface area contributed by atoms with Crippen molar-refractivity contribution in [2.75, 3.05) is 26.8 Å². The molecular weight excluding hydrogens is 238 g/mol. The fourth-order valence-electron chi connectivity index (χ4n) is 3.14. The van der Waals surface area contributed by atoms with Gasteiger partial charge in [0.1, 0.15) is 0 Å². The monoisotopic (exact) mass is 263 g/mol. The fourth-order valence-corrected chi connectivity index (χ4v) is 3.14. The maximum absolute atomic E-state index is 9.87. The number of nitrogens with zero attached hydrogens (tertiary/aromatic N) is 1. The lowest BCUT2D eigenvalue weighted by Gasteiger charge is -2.23. The van der Waals surface area contributed by atoms with E-state index in [1.54, 1.807) is 7.11 Å². The van der Waals surface area contributed by atoms with E-state index in [4.69, 9.17) is 4.74 Å². The number of β-amino-alcohol motifs (C(OH)–C–C–N with tert-alkyl or cyclic N) is 1. The number of aryl methyl sites for hydroxylation is 1. The number of ether oxygens (including phenoxy) is 1. The van der Waals surface area contributed by atoms with Crippen molar-refractivity contribution < 1.29 is 9.84 Å². The van der Waals surface area contributed by atoms with E-state index >= 15 is 0 Å². The van der Waals surface area contributed by atoms with Gasteiger partial charge in [-0.25, -0.2) is 0 Å². The molecule has 0 radical (unpaired) electrons. The topological polar surface area (TPSA) is 32.7 Å². The van der Waals surface area contributed by atoms with E-state index in [0.717, 1.165) is 6.54 Å². The molecule has 0 unspecified atom stereocenters. The normalized spacial score (nSPS) is 25.7. The highest BCUT2D eigenvalue weighted by Gasteiger charge is 2.31. The first-order chi connectivity index (χ1) is 9.11. The average Bonchev–Trinajstić information content (AvgIpc) is 2.71. The quantitative estimate of drug-likeness (QED) is 0.884. The minimum atomic E-state index is -0.386. The summed E-state index contributed by atoms with van der Waals surface area (Å²) in [6.07, 6.45) is 0.785. The van der Waals surface area contributed by atoms with Crippen molar-refractivity contribution in [3.05, 3.63) is 35.4 Å². The smallest absolute Gasteiger partial charge is 0.0900 e. The van der Waals surface area contributed by atoms with Crippen LogP contribution in [0.25, 0.3) is 0 Å². The Hall–Kier alpha value is -0.900. The van der Waals surface area contributed by atoms with E-state index in [2.05, 4.69) is 43.0 Å². The predicted molar refractivity (Wildman–Crippen MR) is 77.5 cm³/mol. The highest BCUT2D eigenvalue weighted by molar-refractivity contribution is 5.30. The first-order valence-corrected chi connectivity index (χ1v) is 7.08. The number of hydrogen-bond acceptors (Lipinski definition) is 3. The van der Waals surface area contributed by atoms with E-state index in [-0.39, 0.29) is 6.10 Å². The Bertz CT molecular complexity index is 407. The summed E-state index contributed by atoms with van der Waals surface area (Å²) in [6, 6.07) is 9.16. The highest BCUT2D eigenvalue weighted by Crippen LogP contribution is 2.33. The van der Waals surface area contributed by atoms with Gasteiger partial charge in [0.05, 0.1) is 12.7 Å². The van der Waals surface area contributed by atoms with E-state index in [0.29, 0.717) is 25.1 Å². The molecule has 1 aromatic rings. The Labute approximate surface area is 116 Å². The SMILES string of the molecule is COC[C@H](O)CN1C[C@H](c2ccccc2C)C[C@H]1C. The van der Waals surface area contributed by atoms with Crippen LogP contribution in [0.2, 0.25) is 0 Å². The summed E-state index contributed by atoms with van der Waals surface area (Å²) in [5.41, 5.74) is 2.83. The van der Waals surface area contributed by atoms with Crippen LogP contribution in [-0.2, 0) is 4.74 Å². The molecular formula is C16H25NO2. The minimum Gasteiger partial charge on any atom is -0.389 e. The first kappa shape index (κ1) is 14.5. The molecule has 19 heavy (non-hydrogen) atoms. The summed E-state index contributed by atoms with van der Waals surface area (Å²) in [6.45, 7) is 6.59. The average molecular weight is 263 g/mol. The number of benzene rings is 1. The number of methoxy groups -OCH3 is 1. The Morgan fingerprint density at radius 2 is 2.16 bits per heavy atom. The lowest BCUT2D eigenvalue weighted by molar-refractivity contribution is 0.0360. The molecule has 3 heteroatoms. The molecule has 0 bridgehead atoms. The first-order valence-electron chi connectivity index (χ1n) is 7.08. The van der Waals surface area contributed by atoms with Gasteiger partial charge in [0.15, 0.2) is 0 Å². The minimum absolute atomic E-state index is 0.386. The van der Waals surface area contributed by atoms with Gasteiger partial charge >= 0.3 is 0 Å². The molecule has 2 rings (SSSR count). The van der Waals surface area contributed by atoms with Gasteiger partial charge in [0.25, 0.3) is 0 Å². The van der Waals surface area contributed by atoms with Crippen molar-refractivity contribution in [1.29, 1.82) is 0 Å². The summed E-state index contributed by atoms with van der Waals surface area (Å²) < 4.78 is 5.00. The summed E-state index contributed by atoms with van der Waals surface area (Å²) in [5.74, 6) is 0.589. The van der Waals surface area contributed by atoms with Crippen LogP contribution in [0.4, 0.5) is 0 Å². The lowest BCUT2D eigenvalue weighted by Crippen LogP contribution is -2.36. The molecule has 0 saturated carbocycles. The van der Waals surface area contributed by atoms with Crippen LogP contribution >= 0.6 is 0 Å². The molecule has 0 aliphatic carbocycles. The second kappa shape index (κ2) is 6.51. The van der Waals surface area contributed by atoms with E-state index in [1.165, 1.54) is 17.5 Å². The maximum atomic E-state index is 9.87. The van der Waals surface area contributed by atoms with E-state index < -0.39 is 0 Å². The van der Waals surface area contributed by atoms with Crippen molar-refractivity contribution in [1.82, 2.24) is 4.90 Å². The number of likely N-dealkylation sites (tertiary alicyclic amines) is 1. The second-order valence-electron chi connectivity index (χ2n) is 5.70. The van der Waals surface area contributed by atoms with Crippen LogP contribution in [-0.4, -0.2) is 49.0 Å². The van der Waals surface area contributed by atoms with Crippen LogP contribution in [0.3, 0.4) is 0 Å². The van der Waals surface area contributed by atoms with Crippen molar-refractivity contribution in [3.8, 4) is 0 Å². The molecule has 1 heterocycles. The molecule has 1 aliphatic heterocycles. The van der Waals surface area contributed by atoms with Crippen LogP contribution in [0, 0.1) is 6.92 Å². The van der Waals surface area contributed by atoms with Gasteiger partial charge < -0.3 is 9.84 Å². The zero-order valence-electron chi connectivity index (χ0n) is 12.2. The van der Waals surface area contributed by atoms with Crippen LogP contribution in [0.1, 0.15) is 30.4 Å². The number of hydrogen-bond donors (Lipinski definition) is 1. The molecule has 1 aromatic carbocycles. The molecule has 1 saturated heterocycles. The summed E-state index contributed by atoms with van der Waals surface area (Å²) in [5, 5.41) is 9.87. The van der Waals surface area contributed by atoms with Gasteiger partial charge in [0, 0.05) is 26.2 Å². The molecule has 106 valence electrons. The Morgan fingerprint density at radius 1 is 1.42 bits per heavy atom. The Balaban J connectivity index is 1.99. The molecule has 3 nitrogen and oxygen atoms in total. The van der Waals surface area contributed by atoms with Crippen molar-refractivity contribution in [2.24, 2.45) is 0 Å². The van der Waals surface area contributed by atoms with Crippen molar-refractivity contribution in [2.45, 2.75) is 38.3 Å². The standard InChI is InChI=1S/C16H25NO2/c1-12-6-4-5-7-16(12)14-8-13(2)17(9-14)10-15(18)11-19-3/h4-7,13-15,18H,8-11H2,1-3H3/t13-,14-,15-/m1/s1. The van der Waals surface area contributed by atoms with Gasteiger partial charge in [-0.3, -0.25) is 4.90 Å². The predicted octanol–water partition coefficient (Wildman–Crippen LogP) is 2.18. The maximum Gasteiger partial charge on any atom is 0.0900 e. The Morgan fingerprint density at radius 3 is 2.84 bits per heavy atom. The zero-order valence-corrected chi connectivity index (χ0v) is 12.2. The molecule has 3 atom stereocenters. The van der Waals surface area contributed by atoms with Crippen LogP contribution in [0.5, 0.6) is 0 Å². The zero-order chi connectivity index (χ0) is 13.8. The molecule has 1 N–H and O–H groups in total. The largest absolute Gasteiger partial charge is 0.389 e. The third-order valence-electron chi connectivity index (χ3n) is 4.14. The number of aliphatic hydroxyl groups is 1. The third kappa shape index (κ3) is 3.56. The summed E-state index contributed by atoms with van der Waals surface area (Å²) in [4.78, 5) is 2.38. The van der Waals surface area contributed by atoms with Gasteiger partial charge in [-0.2, -0.15) is 0 Å². The molecule has 1 fully saturated rings. The molecule has 0 amide bonds.